The van der Waals surface area contributed by atoms with Crippen molar-refractivity contribution in [1.29, 1.82) is 0 Å². The molecule has 1 aromatic heterocycles. The Bertz CT molecular complexity index is 810. The third-order valence-corrected chi connectivity index (χ3v) is 4.37. The van der Waals surface area contributed by atoms with Crippen LogP contribution >= 0.6 is 23.4 Å². The third kappa shape index (κ3) is 4.64. The summed E-state index contributed by atoms with van der Waals surface area (Å²) in [7, 11) is 0. The third-order valence-electron chi connectivity index (χ3n) is 3.23. The van der Waals surface area contributed by atoms with E-state index in [1.807, 2.05) is 43.3 Å². The van der Waals surface area contributed by atoms with Crippen molar-refractivity contribution in [2.75, 3.05) is 19.0 Å². The Morgan fingerprint density at radius 3 is 2.68 bits per heavy atom. The number of thioether (sulfide) groups is 1. The molecule has 3 rings (SSSR count). The number of halogens is 1. The molecule has 25 heavy (non-hydrogen) atoms. The number of tetrazole rings is 1. The Labute approximate surface area is 155 Å². The molecule has 1 heterocycles. The maximum Gasteiger partial charge on any atom is 0.214 e. The van der Waals surface area contributed by atoms with E-state index >= 15 is 0 Å². The summed E-state index contributed by atoms with van der Waals surface area (Å²) in [4.78, 5) is 0. The quantitative estimate of drug-likeness (QED) is 0.439. The van der Waals surface area contributed by atoms with Crippen LogP contribution < -0.4 is 9.47 Å². The minimum atomic E-state index is 0.534. The second kappa shape index (κ2) is 8.73. The second-order valence-corrected chi connectivity index (χ2v) is 6.42. The standard InChI is InChI=1S/C17H17ClN4O2S/c1-2-23-16-6-4-3-5-15(16)22-17(19-20-21-22)25-12-11-24-14-9-7-13(18)8-10-14/h3-10H,2,11-12H2,1H3. The van der Waals surface area contributed by atoms with Crippen LogP contribution in [0.15, 0.2) is 53.7 Å². The van der Waals surface area contributed by atoms with Gasteiger partial charge in [0.2, 0.25) is 5.16 Å². The summed E-state index contributed by atoms with van der Waals surface area (Å²) in [5, 5.41) is 13.3. The SMILES string of the molecule is CCOc1ccccc1-n1nnnc1SCCOc1ccc(Cl)cc1. The average molecular weight is 377 g/mol. The lowest BCUT2D eigenvalue weighted by Gasteiger charge is -2.10. The molecule has 0 fully saturated rings. The molecule has 8 heteroatoms. The van der Waals surface area contributed by atoms with Gasteiger partial charge in [-0.1, -0.05) is 35.5 Å². The first-order chi connectivity index (χ1) is 12.3. The maximum absolute atomic E-state index is 5.86. The van der Waals surface area contributed by atoms with Crippen molar-refractivity contribution in [2.24, 2.45) is 0 Å². The van der Waals surface area contributed by atoms with Gasteiger partial charge in [0.25, 0.3) is 0 Å². The van der Waals surface area contributed by atoms with Crippen LogP contribution in [0.1, 0.15) is 6.92 Å². The summed E-state index contributed by atoms with van der Waals surface area (Å²) in [5.41, 5.74) is 0.815. The molecule has 130 valence electrons. The molecule has 0 amide bonds. The maximum atomic E-state index is 5.86. The lowest BCUT2D eigenvalue weighted by Crippen LogP contribution is -2.05. The molecule has 0 saturated carbocycles. The molecule has 2 aromatic carbocycles. The van der Waals surface area contributed by atoms with Gasteiger partial charge < -0.3 is 9.47 Å². The lowest BCUT2D eigenvalue weighted by atomic mass is 10.3. The molecule has 6 nitrogen and oxygen atoms in total. The van der Waals surface area contributed by atoms with E-state index in [0.29, 0.717) is 29.1 Å². The van der Waals surface area contributed by atoms with Gasteiger partial charge in [0.05, 0.1) is 13.2 Å². The van der Waals surface area contributed by atoms with Crippen molar-refractivity contribution in [1.82, 2.24) is 20.2 Å². The highest BCUT2D eigenvalue weighted by atomic mass is 35.5. The average Bonchev–Trinajstić information content (AvgIpc) is 3.09. The molecular weight excluding hydrogens is 360 g/mol. The van der Waals surface area contributed by atoms with Gasteiger partial charge in [0, 0.05) is 10.8 Å². The Kier molecular flexibility index (Phi) is 6.14. The smallest absolute Gasteiger partial charge is 0.214 e. The van der Waals surface area contributed by atoms with E-state index in [9.17, 15) is 0 Å². The van der Waals surface area contributed by atoms with Crippen LogP contribution in [-0.2, 0) is 0 Å². The number of hydrogen-bond acceptors (Lipinski definition) is 6. The largest absolute Gasteiger partial charge is 0.493 e. The van der Waals surface area contributed by atoms with Gasteiger partial charge in [-0.25, -0.2) is 0 Å². The molecule has 0 aliphatic rings. The zero-order chi connectivity index (χ0) is 17.5. The highest BCUT2D eigenvalue weighted by Gasteiger charge is 2.13. The van der Waals surface area contributed by atoms with Crippen LogP contribution in [0.2, 0.25) is 5.02 Å². The Morgan fingerprint density at radius 1 is 1.08 bits per heavy atom. The molecular formula is C17H17ClN4O2S. The Morgan fingerprint density at radius 2 is 1.88 bits per heavy atom. The zero-order valence-corrected chi connectivity index (χ0v) is 15.2. The fourth-order valence-electron chi connectivity index (χ4n) is 2.15. The highest BCUT2D eigenvalue weighted by Crippen LogP contribution is 2.26. The first-order valence-electron chi connectivity index (χ1n) is 7.79. The van der Waals surface area contributed by atoms with Crippen LogP contribution in [0.25, 0.3) is 5.69 Å². The summed E-state index contributed by atoms with van der Waals surface area (Å²) < 4.78 is 13.0. The number of para-hydroxylation sites is 2. The predicted molar refractivity (Wildman–Crippen MR) is 98.0 cm³/mol. The van der Waals surface area contributed by atoms with Gasteiger partial charge in [-0.05, 0) is 53.7 Å². The second-order valence-electron chi connectivity index (χ2n) is 4.92. The number of aromatic nitrogens is 4. The number of hydrogen-bond donors (Lipinski definition) is 0. The van der Waals surface area contributed by atoms with Crippen molar-refractivity contribution in [3.8, 4) is 17.2 Å². The summed E-state index contributed by atoms with van der Waals surface area (Å²) >= 11 is 7.37. The van der Waals surface area contributed by atoms with Gasteiger partial charge >= 0.3 is 0 Å². The molecule has 0 spiro atoms. The number of benzene rings is 2. The van der Waals surface area contributed by atoms with E-state index < -0.39 is 0 Å². The minimum absolute atomic E-state index is 0.534. The van der Waals surface area contributed by atoms with Crippen molar-refractivity contribution >= 4 is 23.4 Å². The molecule has 0 unspecified atom stereocenters. The van der Waals surface area contributed by atoms with Crippen LogP contribution in [0.3, 0.4) is 0 Å². The molecule has 0 atom stereocenters. The summed E-state index contributed by atoms with van der Waals surface area (Å²) in [6.07, 6.45) is 0. The van der Waals surface area contributed by atoms with Crippen LogP contribution in [0.5, 0.6) is 11.5 Å². The first kappa shape index (κ1) is 17.6. The highest BCUT2D eigenvalue weighted by molar-refractivity contribution is 7.99. The topological polar surface area (TPSA) is 62.1 Å². The lowest BCUT2D eigenvalue weighted by molar-refractivity contribution is 0.337. The molecule has 0 aliphatic carbocycles. The Balaban J connectivity index is 1.61. The van der Waals surface area contributed by atoms with E-state index in [0.717, 1.165) is 17.2 Å². The van der Waals surface area contributed by atoms with Crippen molar-refractivity contribution < 1.29 is 9.47 Å². The summed E-state index contributed by atoms with van der Waals surface area (Å²) in [5.74, 6) is 2.24. The van der Waals surface area contributed by atoms with Crippen molar-refractivity contribution in [3.05, 3.63) is 53.6 Å². The van der Waals surface area contributed by atoms with Gasteiger partial charge in [-0.3, -0.25) is 0 Å². The van der Waals surface area contributed by atoms with E-state index in [4.69, 9.17) is 21.1 Å². The van der Waals surface area contributed by atoms with Crippen LogP contribution in [0.4, 0.5) is 0 Å². The monoisotopic (exact) mass is 376 g/mol. The van der Waals surface area contributed by atoms with E-state index in [2.05, 4.69) is 15.5 Å². The van der Waals surface area contributed by atoms with E-state index in [1.54, 1.807) is 16.8 Å². The summed E-state index contributed by atoms with van der Waals surface area (Å²) in [6, 6.07) is 15.0. The first-order valence-corrected chi connectivity index (χ1v) is 9.16. The summed E-state index contributed by atoms with van der Waals surface area (Å²) in [6.45, 7) is 3.06. The molecule has 0 bridgehead atoms. The van der Waals surface area contributed by atoms with Crippen molar-refractivity contribution in [3.63, 3.8) is 0 Å². The Hall–Kier alpha value is -2.25. The van der Waals surface area contributed by atoms with Gasteiger partial charge in [0.15, 0.2) is 0 Å². The van der Waals surface area contributed by atoms with Gasteiger partial charge in [0.1, 0.15) is 17.2 Å². The molecule has 3 aromatic rings. The zero-order valence-electron chi connectivity index (χ0n) is 13.6. The van der Waals surface area contributed by atoms with E-state index in [-0.39, 0.29) is 0 Å². The molecule has 0 radical (unpaired) electrons. The fraction of sp³-hybridized carbons (Fsp3) is 0.235. The van der Waals surface area contributed by atoms with E-state index in [1.165, 1.54) is 11.8 Å². The number of nitrogens with zero attached hydrogens (tertiary/aromatic N) is 4. The normalized spacial score (nSPS) is 10.6. The van der Waals surface area contributed by atoms with Crippen LogP contribution in [0, 0.1) is 0 Å². The molecule has 0 N–H and O–H groups in total. The van der Waals surface area contributed by atoms with Crippen molar-refractivity contribution in [2.45, 2.75) is 12.1 Å². The molecule has 0 aliphatic heterocycles. The fourth-order valence-corrected chi connectivity index (χ4v) is 2.98. The minimum Gasteiger partial charge on any atom is -0.493 e. The number of rotatable bonds is 8. The number of ether oxygens (including phenoxy) is 2. The molecule has 0 saturated heterocycles. The van der Waals surface area contributed by atoms with Gasteiger partial charge in [-0.2, -0.15) is 4.68 Å². The van der Waals surface area contributed by atoms with Gasteiger partial charge in [-0.15, -0.1) is 5.10 Å². The predicted octanol–water partition coefficient (Wildman–Crippen LogP) is 3.89. The van der Waals surface area contributed by atoms with Crippen LogP contribution in [-0.4, -0.2) is 39.2 Å².